The summed E-state index contributed by atoms with van der Waals surface area (Å²) in [5.74, 6) is -1.19. The monoisotopic (exact) mass is 489 g/mol. The van der Waals surface area contributed by atoms with Crippen LogP contribution in [0, 0.1) is 5.82 Å². The van der Waals surface area contributed by atoms with E-state index in [0.717, 1.165) is 5.56 Å². The van der Waals surface area contributed by atoms with Gasteiger partial charge < -0.3 is 16.0 Å². The summed E-state index contributed by atoms with van der Waals surface area (Å²) in [5, 5.41) is 2.48. The van der Waals surface area contributed by atoms with Crippen molar-refractivity contribution in [3.63, 3.8) is 0 Å². The first-order chi connectivity index (χ1) is 14.8. The SMILES string of the molecule is CCN(CC(=O)Nc1ccc(Br)cc1F)c1c(N)n(Cc2ccccc2)c(=O)[nH]c1=O. The van der Waals surface area contributed by atoms with Gasteiger partial charge in [0.1, 0.15) is 17.3 Å². The summed E-state index contributed by atoms with van der Waals surface area (Å²) in [6.07, 6.45) is 0. The Balaban J connectivity index is 1.88. The molecule has 1 heterocycles. The van der Waals surface area contributed by atoms with Crippen LogP contribution in [0.2, 0.25) is 0 Å². The number of H-pyrrole nitrogens is 1. The highest BCUT2D eigenvalue weighted by molar-refractivity contribution is 9.10. The summed E-state index contributed by atoms with van der Waals surface area (Å²) in [4.78, 5) is 41.0. The highest BCUT2D eigenvalue weighted by Gasteiger charge is 2.20. The molecule has 162 valence electrons. The molecule has 4 N–H and O–H groups in total. The van der Waals surface area contributed by atoms with Crippen molar-refractivity contribution in [2.75, 3.05) is 29.0 Å². The number of carbonyl (C=O) groups excluding carboxylic acids is 1. The molecule has 0 aliphatic rings. The number of halogens is 2. The van der Waals surface area contributed by atoms with E-state index in [0.29, 0.717) is 4.47 Å². The first-order valence-corrected chi connectivity index (χ1v) is 10.3. The Bertz CT molecular complexity index is 1210. The molecule has 3 aromatic rings. The van der Waals surface area contributed by atoms with Gasteiger partial charge in [0, 0.05) is 11.0 Å². The topological polar surface area (TPSA) is 113 Å². The number of nitrogens with one attached hydrogen (secondary N) is 2. The average Bonchev–Trinajstić information content (AvgIpc) is 2.73. The molecule has 0 unspecified atom stereocenters. The fourth-order valence-corrected chi connectivity index (χ4v) is 3.44. The highest BCUT2D eigenvalue weighted by Crippen LogP contribution is 2.20. The van der Waals surface area contributed by atoms with Crippen LogP contribution >= 0.6 is 15.9 Å². The number of hydrogen-bond acceptors (Lipinski definition) is 5. The van der Waals surface area contributed by atoms with Crippen LogP contribution in [0.1, 0.15) is 12.5 Å². The van der Waals surface area contributed by atoms with Gasteiger partial charge in [-0.1, -0.05) is 46.3 Å². The van der Waals surface area contributed by atoms with Gasteiger partial charge in [-0.05, 0) is 30.7 Å². The van der Waals surface area contributed by atoms with Crippen LogP contribution in [0.25, 0.3) is 0 Å². The van der Waals surface area contributed by atoms with E-state index in [2.05, 4.69) is 26.2 Å². The van der Waals surface area contributed by atoms with Crippen LogP contribution in [0.3, 0.4) is 0 Å². The lowest BCUT2D eigenvalue weighted by atomic mass is 10.2. The smallest absolute Gasteiger partial charge is 0.330 e. The summed E-state index contributed by atoms with van der Waals surface area (Å²) in [6.45, 7) is 1.89. The first-order valence-electron chi connectivity index (χ1n) is 9.46. The van der Waals surface area contributed by atoms with Gasteiger partial charge in [0.2, 0.25) is 5.91 Å². The fourth-order valence-electron chi connectivity index (χ4n) is 3.11. The molecule has 8 nitrogen and oxygen atoms in total. The second-order valence-corrected chi connectivity index (χ2v) is 7.67. The molecule has 3 rings (SSSR count). The third kappa shape index (κ3) is 5.21. The lowest BCUT2D eigenvalue weighted by Gasteiger charge is -2.24. The Labute approximate surface area is 185 Å². The number of anilines is 3. The van der Waals surface area contributed by atoms with Gasteiger partial charge in [0.15, 0.2) is 0 Å². The van der Waals surface area contributed by atoms with Crippen molar-refractivity contribution in [3.05, 3.63) is 85.2 Å². The fraction of sp³-hybridized carbons (Fsp3) is 0.190. The van der Waals surface area contributed by atoms with Crippen LogP contribution in [-0.2, 0) is 11.3 Å². The van der Waals surface area contributed by atoms with Crippen LogP contribution in [0.15, 0.2) is 62.6 Å². The van der Waals surface area contributed by atoms with Gasteiger partial charge in [-0.25, -0.2) is 9.18 Å². The molecule has 0 fully saturated rings. The molecule has 10 heteroatoms. The maximum absolute atomic E-state index is 14.0. The molecule has 0 atom stereocenters. The average molecular weight is 490 g/mol. The summed E-state index contributed by atoms with van der Waals surface area (Å²) in [5.41, 5.74) is 5.68. The van der Waals surface area contributed by atoms with Crippen LogP contribution in [0.4, 0.5) is 21.6 Å². The summed E-state index contributed by atoms with van der Waals surface area (Å²) in [6, 6.07) is 13.4. The van der Waals surface area contributed by atoms with E-state index in [1.807, 2.05) is 30.3 Å². The number of nitrogen functional groups attached to an aromatic ring is 1. The van der Waals surface area contributed by atoms with Gasteiger partial charge in [-0.2, -0.15) is 0 Å². The van der Waals surface area contributed by atoms with E-state index in [1.54, 1.807) is 13.0 Å². The van der Waals surface area contributed by atoms with Crippen molar-refractivity contribution in [2.45, 2.75) is 13.5 Å². The summed E-state index contributed by atoms with van der Waals surface area (Å²) in [7, 11) is 0. The van der Waals surface area contributed by atoms with E-state index in [-0.39, 0.29) is 36.8 Å². The minimum atomic E-state index is -0.698. The zero-order valence-electron chi connectivity index (χ0n) is 16.7. The Morgan fingerprint density at radius 1 is 1.23 bits per heavy atom. The first kappa shape index (κ1) is 22.3. The predicted molar refractivity (Wildman–Crippen MR) is 122 cm³/mol. The molecule has 0 aliphatic heterocycles. The lowest BCUT2D eigenvalue weighted by Crippen LogP contribution is -2.41. The maximum Gasteiger partial charge on any atom is 0.330 e. The van der Waals surface area contributed by atoms with Gasteiger partial charge in [0.05, 0.1) is 18.8 Å². The third-order valence-corrected chi connectivity index (χ3v) is 5.13. The molecule has 1 aromatic heterocycles. The normalized spacial score (nSPS) is 10.7. The van der Waals surface area contributed by atoms with Crippen LogP contribution < -0.4 is 27.2 Å². The minimum Gasteiger partial charge on any atom is -0.383 e. The van der Waals surface area contributed by atoms with Crippen molar-refractivity contribution in [1.29, 1.82) is 0 Å². The number of likely N-dealkylation sites (N-methyl/N-ethyl adjacent to an activating group) is 1. The number of amides is 1. The van der Waals surface area contributed by atoms with Crippen molar-refractivity contribution < 1.29 is 9.18 Å². The summed E-state index contributed by atoms with van der Waals surface area (Å²) < 4.78 is 15.8. The van der Waals surface area contributed by atoms with E-state index >= 15 is 0 Å². The minimum absolute atomic E-state index is 0.00413. The Kier molecular flexibility index (Phi) is 6.91. The van der Waals surface area contributed by atoms with Gasteiger partial charge in [-0.3, -0.25) is 19.1 Å². The second-order valence-electron chi connectivity index (χ2n) is 6.75. The van der Waals surface area contributed by atoms with Gasteiger partial charge in [0.25, 0.3) is 5.56 Å². The van der Waals surface area contributed by atoms with Gasteiger partial charge >= 0.3 is 5.69 Å². The number of rotatable bonds is 7. The van der Waals surface area contributed by atoms with Crippen LogP contribution in [-0.4, -0.2) is 28.5 Å². The zero-order valence-corrected chi connectivity index (χ0v) is 18.3. The van der Waals surface area contributed by atoms with E-state index in [4.69, 9.17) is 5.73 Å². The van der Waals surface area contributed by atoms with E-state index < -0.39 is 23.0 Å². The molecule has 1 amide bonds. The molecule has 31 heavy (non-hydrogen) atoms. The molecular weight excluding hydrogens is 469 g/mol. The largest absolute Gasteiger partial charge is 0.383 e. The number of hydrogen-bond donors (Lipinski definition) is 3. The molecule has 0 spiro atoms. The molecule has 0 radical (unpaired) electrons. The number of aromatic nitrogens is 2. The van der Waals surface area contributed by atoms with E-state index in [9.17, 15) is 18.8 Å². The van der Waals surface area contributed by atoms with Crippen LogP contribution in [0.5, 0.6) is 0 Å². The molecule has 0 saturated carbocycles. The number of nitrogens with zero attached hydrogens (tertiary/aromatic N) is 2. The standard InChI is InChI=1S/C21H21BrFN5O3/c1-2-27(12-17(29)25-16-9-8-14(22)10-15(16)23)18-19(24)28(21(31)26-20(18)30)11-13-6-4-3-5-7-13/h3-10H,2,11-12,24H2,1H3,(H,25,29)(H,26,30,31). The molecule has 0 saturated heterocycles. The number of benzene rings is 2. The highest BCUT2D eigenvalue weighted by atomic mass is 79.9. The number of carbonyl (C=O) groups is 1. The van der Waals surface area contributed by atoms with Crippen molar-refractivity contribution in [2.24, 2.45) is 0 Å². The van der Waals surface area contributed by atoms with Crippen molar-refractivity contribution in [1.82, 2.24) is 9.55 Å². The number of nitrogens with two attached hydrogens (primary N) is 1. The number of aromatic amines is 1. The Morgan fingerprint density at radius 2 is 1.94 bits per heavy atom. The summed E-state index contributed by atoms with van der Waals surface area (Å²) >= 11 is 3.16. The molecule has 0 aliphatic carbocycles. The van der Waals surface area contributed by atoms with Crippen molar-refractivity contribution >= 4 is 39.0 Å². The Morgan fingerprint density at radius 3 is 2.58 bits per heavy atom. The molecular formula is C21H21BrFN5O3. The zero-order chi connectivity index (χ0) is 22.5. The lowest BCUT2D eigenvalue weighted by molar-refractivity contribution is -0.115. The quantitative estimate of drug-likeness (QED) is 0.471. The molecule has 2 aromatic carbocycles. The second kappa shape index (κ2) is 9.61. The Hall–Kier alpha value is -3.40. The maximum atomic E-state index is 14.0. The predicted octanol–water partition coefficient (Wildman–Crippen LogP) is 2.53. The van der Waals surface area contributed by atoms with Gasteiger partial charge in [-0.15, -0.1) is 0 Å². The van der Waals surface area contributed by atoms with Crippen molar-refractivity contribution in [3.8, 4) is 0 Å². The molecule has 0 bridgehead atoms. The van der Waals surface area contributed by atoms with E-state index in [1.165, 1.54) is 21.6 Å². The third-order valence-electron chi connectivity index (χ3n) is 4.64.